The van der Waals surface area contributed by atoms with E-state index in [-0.39, 0.29) is 36.6 Å². The number of nitrogens with one attached hydrogen (secondary N) is 2. The molecule has 2 fully saturated rings. The second kappa shape index (κ2) is 16.6. The molecule has 3 unspecified atom stereocenters. The molecule has 2 saturated heterocycles. The number of nitrogens with zero attached hydrogens (tertiary/aromatic N) is 5. The fraction of sp³-hybridized carbons (Fsp3) is 0.525. The number of anilines is 1. The summed E-state index contributed by atoms with van der Waals surface area (Å²) in [5.74, 6) is 0.661. The largest absolute Gasteiger partial charge is 0.484 e. The van der Waals surface area contributed by atoms with Crippen molar-refractivity contribution in [1.29, 1.82) is 0 Å². The van der Waals surface area contributed by atoms with Crippen LogP contribution in [0.4, 0.5) is 10.6 Å². The van der Waals surface area contributed by atoms with Crippen molar-refractivity contribution in [1.82, 2.24) is 30.4 Å². The zero-order chi connectivity index (χ0) is 38.5. The Labute approximate surface area is 318 Å². The Hall–Kier alpha value is -4.65. The molecular weight excluding hydrogens is 691 g/mol. The summed E-state index contributed by atoms with van der Waals surface area (Å²) < 4.78 is 11.4. The van der Waals surface area contributed by atoms with E-state index in [1.165, 1.54) is 4.88 Å². The predicted molar refractivity (Wildman–Crippen MR) is 209 cm³/mol. The molecule has 3 amide bonds. The maximum atomic E-state index is 14.2. The lowest BCUT2D eigenvalue weighted by Crippen LogP contribution is -2.57. The number of hydrogen-bond acceptors (Lipinski definition) is 10. The zero-order valence-corrected chi connectivity index (χ0v) is 33.2. The summed E-state index contributed by atoms with van der Waals surface area (Å²) in [6.07, 6.45) is 2.96. The number of benzene rings is 1. The lowest BCUT2D eigenvalue weighted by atomic mass is 9.85. The van der Waals surface area contributed by atoms with Gasteiger partial charge in [-0.05, 0) is 70.1 Å². The number of amides is 3. The van der Waals surface area contributed by atoms with E-state index in [2.05, 4.69) is 63.3 Å². The van der Waals surface area contributed by atoms with Gasteiger partial charge in [0.15, 0.2) is 6.61 Å². The predicted octanol–water partition coefficient (Wildman–Crippen LogP) is 6.34. The molecule has 286 valence electrons. The molecule has 2 aliphatic rings. The highest BCUT2D eigenvalue weighted by Crippen LogP contribution is 2.31. The highest BCUT2D eigenvalue weighted by molar-refractivity contribution is 7.13. The lowest BCUT2D eigenvalue weighted by Gasteiger charge is -2.37. The van der Waals surface area contributed by atoms with Crippen LogP contribution in [-0.4, -0.2) is 94.7 Å². The summed E-state index contributed by atoms with van der Waals surface area (Å²) in [5, 5.41) is 6.53. The van der Waals surface area contributed by atoms with Gasteiger partial charge in [-0.25, -0.2) is 14.8 Å². The molecule has 2 aromatic heterocycles. The number of hydrogen-bond donors (Lipinski definition) is 2. The molecule has 1 aromatic carbocycles. The van der Waals surface area contributed by atoms with E-state index < -0.39 is 17.1 Å². The summed E-state index contributed by atoms with van der Waals surface area (Å²) >= 11 is 1.64. The number of carbonyl (C=O) groups is 3. The Morgan fingerprint density at radius 3 is 2.30 bits per heavy atom. The van der Waals surface area contributed by atoms with E-state index in [1.54, 1.807) is 34.6 Å². The van der Waals surface area contributed by atoms with Crippen LogP contribution in [0.1, 0.15) is 78.6 Å². The second-order valence-electron chi connectivity index (χ2n) is 15.9. The molecular formula is C40H55N7O5S. The molecule has 3 aromatic rings. The normalized spacial score (nSPS) is 17.6. The first-order valence-corrected chi connectivity index (χ1v) is 19.3. The van der Waals surface area contributed by atoms with Crippen LogP contribution in [0.25, 0.3) is 10.4 Å². The van der Waals surface area contributed by atoms with E-state index in [0.717, 1.165) is 35.4 Å². The number of aromatic nitrogens is 2. The lowest BCUT2D eigenvalue weighted by molar-refractivity contribution is -0.140. The Bertz CT molecular complexity index is 1760. The third kappa shape index (κ3) is 10.3. The third-order valence-electron chi connectivity index (χ3n) is 9.52. The third-order valence-corrected chi connectivity index (χ3v) is 10.5. The number of carbonyl (C=O) groups excluding carboxylic acids is 3. The van der Waals surface area contributed by atoms with Gasteiger partial charge < -0.3 is 34.8 Å². The maximum absolute atomic E-state index is 14.2. The van der Waals surface area contributed by atoms with Crippen molar-refractivity contribution >= 4 is 35.1 Å². The number of rotatable bonds is 11. The summed E-state index contributed by atoms with van der Waals surface area (Å²) in [5.41, 5.74) is 4.84. The van der Waals surface area contributed by atoms with E-state index in [4.69, 9.17) is 9.47 Å². The molecule has 0 saturated carbocycles. The van der Waals surface area contributed by atoms with Gasteiger partial charge >= 0.3 is 6.09 Å². The average molecular weight is 746 g/mol. The van der Waals surface area contributed by atoms with Crippen molar-refractivity contribution in [3.63, 3.8) is 0 Å². The van der Waals surface area contributed by atoms with Crippen molar-refractivity contribution in [3.05, 3.63) is 71.6 Å². The van der Waals surface area contributed by atoms with Crippen LogP contribution in [0, 0.1) is 12.3 Å². The monoisotopic (exact) mass is 745 g/mol. The first-order chi connectivity index (χ1) is 25.0. The number of likely N-dealkylation sites (tertiary alicyclic amines) is 1. The second-order valence-corrected chi connectivity index (χ2v) is 16.8. The molecule has 0 aliphatic carbocycles. The van der Waals surface area contributed by atoms with Gasteiger partial charge in [-0.1, -0.05) is 51.6 Å². The quantitative estimate of drug-likeness (QED) is 0.231. The number of pyridine rings is 1. The molecule has 3 atom stereocenters. The van der Waals surface area contributed by atoms with Gasteiger partial charge in [-0.3, -0.25) is 9.59 Å². The van der Waals surface area contributed by atoms with Gasteiger partial charge in [-0.2, -0.15) is 0 Å². The van der Waals surface area contributed by atoms with Gasteiger partial charge in [0.05, 0.1) is 22.1 Å². The van der Waals surface area contributed by atoms with Crippen molar-refractivity contribution in [2.75, 3.05) is 44.2 Å². The van der Waals surface area contributed by atoms with Crippen molar-refractivity contribution in [3.8, 4) is 16.2 Å². The fourth-order valence-electron chi connectivity index (χ4n) is 6.63. The summed E-state index contributed by atoms with van der Waals surface area (Å²) in [7, 11) is 0. The molecule has 0 radical (unpaired) electrons. The molecule has 0 spiro atoms. The summed E-state index contributed by atoms with van der Waals surface area (Å²) in [4.78, 5) is 55.6. The Balaban J connectivity index is 1.15. The van der Waals surface area contributed by atoms with E-state index >= 15 is 0 Å². The summed E-state index contributed by atoms with van der Waals surface area (Å²) in [6.45, 7) is 22.4. The first kappa shape index (κ1) is 39.6. The molecule has 5 rings (SSSR count). The van der Waals surface area contributed by atoms with E-state index in [1.807, 2.05) is 58.9 Å². The van der Waals surface area contributed by atoms with E-state index in [0.29, 0.717) is 44.3 Å². The molecule has 13 heteroatoms. The van der Waals surface area contributed by atoms with Crippen LogP contribution in [0.2, 0.25) is 0 Å². The van der Waals surface area contributed by atoms with Gasteiger partial charge in [0.25, 0.3) is 5.91 Å². The number of ether oxygens (including phenoxy) is 2. The SMILES string of the molecule is C=C(NC(C)c1ccc(-c2scnc2C)cc1)C1CCCN1C(=O)C(NC(=O)COc1ccnc(N2CCN(C(=O)OC(C)(C)C)CC2)c1)C(C)(C)C. The minimum Gasteiger partial charge on any atom is -0.484 e. The van der Waals surface area contributed by atoms with Crippen molar-refractivity contribution in [2.45, 2.75) is 92.0 Å². The van der Waals surface area contributed by atoms with Crippen molar-refractivity contribution < 1.29 is 23.9 Å². The van der Waals surface area contributed by atoms with Crippen LogP contribution in [0.5, 0.6) is 5.75 Å². The topological polar surface area (TPSA) is 129 Å². The number of piperazine rings is 1. The van der Waals surface area contributed by atoms with Crippen LogP contribution in [0.3, 0.4) is 0 Å². The Kier molecular flexibility index (Phi) is 12.4. The first-order valence-electron chi connectivity index (χ1n) is 18.4. The fourth-order valence-corrected chi connectivity index (χ4v) is 7.44. The van der Waals surface area contributed by atoms with Crippen LogP contribution >= 0.6 is 11.3 Å². The smallest absolute Gasteiger partial charge is 0.410 e. The molecule has 53 heavy (non-hydrogen) atoms. The van der Waals surface area contributed by atoms with E-state index in [9.17, 15) is 14.4 Å². The molecule has 4 heterocycles. The molecule has 12 nitrogen and oxygen atoms in total. The van der Waals surface area contributed by atoms with Crippen LogP contribution in [0.15, 0.2) is 60.4 Å². The highest BCUT2D eigenvalue weighted by atomic mass is 32.1. The number of thiazole rings is 1. The Morgan fingerprint density at radius 2 is 1.68 bits per heavy atom. The highest BCUT2D eigenvalue weighted by Gasteiger charge is 2.40. The van der Waals surface area contributed by atoms with Gasteiger partial charge in [0.2, 0.25) is 5.91 Å². The zero-order valence-electron chi connectivity index (χ0n) is 32.4. The average Bonchev–Trinajstić information content (AvgIpc) is 3.78. The molecule has 0 bridgehead atoms. The minimum absolute atomic E-state index is 0.0116. The minimum atomic E-state index is -0.763. The van der Waals surface area contributed by atoms with Gasteiger partial charge in [0, 0.05) is 56.7 Å². The van der Waals surface area contributed by atoms with Gasteiger partial charge in [0.1, 0.15) is 23.2 Å². The standard InChI is InChI=1S/C40H55N7O5S/c1-26(29-12-14-30(15-13-29)35-28(3)42-25-53-35)43-27(2)32-11-10-18-47(32)37(49)36(39(4,5)6)44-34(48)24-51-31-16-17-41-33(23-31)45-19-21-46(22-20-45)38(50)52-40(7,8)9/h12-17,23,25-26,32,36,43H,2,10-11,18-22,24H2,1,3-9H3,(H,44,48). The van der Waals surface area contributed by atoms with Crippen LogP contribution < -0.4 is 20.3 Å². The Morgan fingerprint density at radius 1 is 0.981 bits per heavy atom. The number of aryl methyl sites for hydroxylation is 1. The van der Waals surface area contributed by atoms with Crippen LogP contribution in [-0.2, 0) is 14.3 Å². The molecule has 2 aliphatic heterocycles. The van der Waals surface area contributed by atoms with Gasteiger partial charge in [-0.15, -0.1) is 11.3 Å². The van der Waals surface area contributed by atoms with Crippen molar-refractivity contribution in [2.24, 2.45) is 5.41 Å². The summed E-state index contributed by atoms with van der Waals surface area (Å²) in [6, 6.07) is 11.0. The molecule has 2 N–H and O–H groups in total. The maximum Gasteiger partial charge on any atom is 0.410 e.